The molecule has 0 unspecified atom stereocenters. The molecule has 0 aliphatic rings. The second-order valence-corrected chi connectivity index (χ2v) is 20.5. The minimum Gasteiger partial charge on any atom is -0.417 e. The van der Waals surface area contributed by atoms with E-state index in [9.17, 15) is 16.8 Å². The highest BCUT2D eigenvalue weighted by Crippen LogP contribution is 2.05. The predicted molar refractivity (Wildman–Crippen MR) is 97.0 cm³/mol. The summed E-state index contributed by atoms with van der Waals surface area (Å²) in [5.41, 5.74) is 0. The third-order valence-electron chi connectivity index (χ3n) is 2.38. The van der Waals surface area contributed by atoms with E-state index in [1.807, 2.05) is 39.3 Å². The molecule has 0 spiro atoms. The Morgan fingerprint density at radius 2 is 0.957 bits per heavy atom. The maximum Gasteiger partial charge on any atom is 0.183 e. The molecule has 0 aromatic carbocycles. The number of hydrogen-bond acceptors (Lipinski definition) is 7. The Kier molecular flexibility index (Phi) is 9.15. The Balaban J connectivity index is 4.11. The van der Waals surface area contributed by atoms with E-state index in [4.69, 9.17) is 13.6 Å². The third kappa shape index (κ3) is 15.5. The SMILES string of the molecule is C[Si](C)(C)OCCS(=O)(=O)COCS(=O)(=O)CCO[Si](C)(C)C. The molecule has 0 aliphatic heterocycles. The molecule has 0 atom stereocenters. The fourth-order valence-electron chi connectivity index (χ4n) is 1.36. The van der Waals surface area contributed by atoms with Crippen LogP contribution < -0.4 is 0 Å². The lowest BCUT2D eigenvalue weighted by Crippen LogP contribution is -2.30. The zero-order valence-corrected chi connectivity index (χ0v) is 18.5. The molecule has 0 amide bonds. The van der Waals surface area contributed by atoms with Crippen LogP contribution in [0.4, 0.5) is 0 Å². The van der Waals surface area contributed by atoms with Crippen LogP contribution in [-0.4, -0.2) is 70.1 Å². The van der Waals surface area contributed by atoms with Crippen molar-refractivity contribution in [3.05, 3.63) is 0 Å². The van der Waals surface area contributed by atoms with Crippen LogP contribution in [0, 0.1) is 0 Å². The van der Waals surface area contributed by atoms with Gasteiger partial charge in [0, 0.05) is 13.2 Å². The van der Waals surface area contributed by atoms with E-state index in [1.165, 1.54) is 0 Å². The first-order valence-electron chi connectivity index (χ1n) is 7.38. The van der Waals surface area contributed by atoms with Gasteiger partial charge in [-0.3, -0.25) is 0 Å². The van der Waals surface area contributed by atoms with Gasteiger partial charge >= 0.3 is 0 Å². The van der Waals surface area contributed by atoms with Gasteiger partial charge in [-0.2, -0.15) is 0 Å². The van der Waals surface area contributed by atoms with Crippen molar-refractivity contribution in [2.45, 2.75) is 39.3 Å². The minimum absolute atomic E-state index is 0.109. The van der Waals surface area contributed by atoms with E-state index in [0.29, 0.717) is 0 Å². The fourth-order valence-corrected chi connectivity index (χ4v) is 4.77. The van der Waals surface area contributed by atoms with Crippen LogP contribution >= 0.6 is 0 Å². The van der Waals surface area contributed by atoms with Crippen molar-refractivity contribution in [3.63, 3.8) is 0 Å². The van der Waals surface area contributed by atoms with Gasteiger partial charge in [0.2, 0.25) is 0 Å². The summed E-state index contributed by atoms with van der Waals surface area (Å²) in [5.74, 6) is -1.57. The number of rotatable bonds is 12. The smallest absolute Gasteiger partial charge is 0.183 e. The van der Waals surface area contributed by atoms with Gasteiger partial charge in [-0.05, 0) is 39.3 Å². The van der Waals surface area contributed by atoms with Crippen LogP contribution in [0.25, 0.3) is 0 Å². The van der Waals surface area contributed by atoms with Gasteiger partial charge in [-0.1, -0.05) is 0 Å². The van der Waals surface area contributed by atoms with Gasteiger partial charge in [-0.25, -0.2) is 16.8 Å². The maximum absolute atomic E-state index is 11.7. The van der Waals surface area contributed by atoms with Crippen molar-refractivity contribution >= 4 is 36.3 Å². The highest BCUT2D eigenvalue weighted by molar-refractivity contribution is 7.92. The van der Waals surface area contributed by atoms with Crippen molar-refractivity contribution in [2.24, 2.45) is 0 Å². The average molecular weight is 407 g/mol. The topological polar surface area (TPSA) is 96.0 Å². The average Bonchev–Trinajstić information content (AvgIpc) is 2.23. The van der Waals surface area contributed by atoms with Crippen molar-refractivity contribution in [3.8, 4) is 0 Å². The first-order valence-corrected chi connectivity index (χ1v) is 17.8. The summed E-state index contributed by atoms with van der Waals surface area (Å²) in [6, 6.07) is 0. The Hall–Kier alpha value is 0.214. The Labute approximate surface area is 142 Å². The molecule has 0 saturated carbocycles. The molecule has 7 nitrogen and oxygen atoms in total. The van der Waals surface area contributed by atoms with Crippen molar-refractivity contribution in [1.29, 1.82) is 0 Å². The van der Waals surface area contributed by atoms with Crippen LogP contribution in [0.3, 0.4) is 0 Å². The molecule has 0 saturated heterocycles. The Bertz CT molecular complexity index is 495. The lowest BCUT2D eigenvalue weighted by molar-refractivity contribution is 0.222. The monoisotopic (exact) mass is 406 g/mol. The summed E-state index contributed by atoms with van der Waals surface area (Å²) in [6.07, 6.45) is 0. The molecule has 0 aromatic heterocycles. The van der Waals surface area contributed by atoms with Crippen molar-refractivity contribution < 1.29 is 30.4 Å². The summed E-state index contributed by atoms with van der Waals surface area (Å²) in [7, 11) is -10.5. The van der Waals surface area contributed by atoms with Gasteiger partial charge in [0.15, 0.2) is 36.3 Å². The van der Waals surface area contributed by atoms with Gasteiger partial charge in [-0.15, -0.1) is 0 Å². The summed E-state index contributed by atoms with van der Waals surface area (Å²) >= 11 is 0. The second-order valence-electron chi connectivity index (χ2n) is 7.26. The molecule has 0 bridgehead atoms. The van der Waals surface area contributed by atoms with E-state index < -0.39 is 48.2 Å². The van der Waals surface area contributed by atoms with Gasteiger partial charge in [0.25, 0.3) is 0 Å². The third-order valence-corrected chi connectivity index (χ3v) is 7.15. The van der Waals surface area contributed by atoms with Gasteiger partial charge < -0.3 is 13.6 Å². The van der Waals surface area contributed by atoms with E-state index in [0.717, 1.165) is 0 Å². The molecule has 0 radical (unpaired) electrons. The summed E-state index contributed by atoms with van der Waals surface area (Å²) in [6.45, 7) is 12.0. The summed E-state index contributed by atoms with van der Waals surface area (Å²) < 4.78 is 62.8. The molecular formula is C12H30O7S2Si2. The molecule has 0 aromatic rings. The minimum atomic E-state index is -3.48. The molecular weight excluding hydrogens is 376 g/mol. The van der Waals surface area contributed by atoms with E-state index in [-0.39, 0.29) is 24.7 Å². The molecule has 0 aliphatic carbocycles. The predicted octanol–water partition coefficient (Wildman–Crippen LogP) is 1.45. The van der Waals surface area contributed by atoms with Crippen LogP contribution in [0.2, 0.25) is 39.3 Å². The second kappa shape index (κ2) is 9.06. The van der Waals surface area contributed by atoms with Crippen LogP contribution in [0.15, 0.2) is 0 Å². The zero-order chi connectivity index (χ0) is 18.4. The quantitative estimate of drug-likeness (QED) is 0.453. The fraction of sp³-hybridized carbons (Fsp3) is 1.00. The highest BCUT2D eigenvalue weighted by Gasteiger charge is 2.20. The lowest BCUT2D eigenvalue weighted by Gasteiger charge is -2.17. The van der Waals surface area contributed by atoms with Crippen LogP contribution in [-0.2, 0) is 33.3 Å². The molecule has 11 heteroatoms. The molecule has 23 heavy (non-hydrogen) atoms. The zero-order valence-electron chi connectivity index (χ0n) is 14.9. The molecule has 0 fully saturated rings. The highest BCUT2D eigenvalue weighted by atomic mass is 32.2. The van der Waals surface area contributed by atoms with E-state index in [2.05, 4.69) is 0 Å². The number of sulfone groups is 2. The van der Waals surface area contributed by atoms with Crippen molar-refractivity contribution in [2.75, 3.05) is 36.6 Å². The van der Waals surface area contributed by atoms with Gasteiger partial charge in [0.1, 0.15) is 11.9 Å². The number of ether oxygens (including phenoxy) is 1. The first-order chi connectivity index (χ1) is 10.1. The summed E-state index contributed by atoms with van der Waals surface area (Å²) in [5, 5.41) is 0. The van der Waals surface area contributed by atoms with Gasteiger partial charge in [0.05, 0.1) is 11.5 Å². The Morgan fingerprint density at radius 1 is 0.652 bits per heavy atom. The molecule has 140 valence electrons. The van der Waals surface area contributed by atoms with E-state index >= 15 is 0 Å². The summed E-state index contributed by atoms with van der Waals surface area (Å²) in [4.78, 5) is 0. The Morgan fingerprint density at radius 3 is 1.22 bits per heavy atom. The lowest BCUT2D eigenvalue weighted by atomic mass is 10.9. The molecule has 0 heterocycles. The maximum atomic E-state index is 11.7. The van der Waals surface area contributed by atoms with Crippen LogP contribution in [0.5, 0.6) is 0 Å². The standard InChI is InChI=1S/C12H30O7S2Si2/c1-22(2,3)18-7-9-20(13,14)11-17-12-21(15,16)10-8-19-23(4,5)6/h7-12H2,1-6H3. The first kappa shape index (κ1) is 23.2. The van der Waals surface area contributed by atoms with Crippen molar-refractivity contribution in [1.82, 2.24) is 0 Å². The number of hydrogen-bond donors (Lipinski definition) is 0. The molecule has 0 N–H and O–H groups in total. The van der Waals surface area contributed by atoms with E-state index in [1.54, 1.807) is 0 Å². The molecule has 0 rings (SSSR count). The largest absolute Gasteiger partial charge is 0.417 e. The van der Waals surface area contributed by atoms with Crippen LogP contribution in [0.1, 0.15) is 0 Å². The normalized spacial score (nSPS) is 14.2.